The van der Waals surface area contributed by atoms with E-state index in [4.69, 9.17) is 0 Å². The van der Waals surface area contributed by atoms with Crippen molar-refractivity contribution in [3.8, 4) is 0 Å². The maximum atomic E-state index is 2.60. The van der Waals surface area contributed by atoms with Crippen molar-refractivity contribution in [2.24, 2.45) is 0 Å². The first-order chi connectivity index (χ1) is 10.8. The van der Waals surface area contributed by atoms with E-state index in [2.05, 4.69) is 80.9 Å². The molecule has 2 atom stereocenters. The number of rotatable bonds is 9. The molecule has 0 heterocycles. The summed E-state index contributed by atoms with van der Waals surface area (Å²) in [5, 5.41) is 0. The average molecular weight is 293 g/mol. The van der Waals surface area contributed by atoms with Gasteiger partial charge in [-0.1, -0.05) is 93.8 Å². The maximum Gasteiger partial charge on any atom is -0.0125 e. The van der Waals surface area contributed by atoms with Gasteiger partial charge >= 0.3 is 0 Å². The van der Waals surface area contributed by atoms with Gasteiger partial charge in [-0.2, -0.15) is 0 Å². The minimum atomic E-state index is 0.563. The van der Waals surface area contributed by atoms with Gasteiger partial charge in [0.05, 0.1) is 0 Å². The standard InChI is InChI=1S/C22H29/c1-3-5-13-22(20-16-10-7-11-17-20)18-21(12-4-2)19-14-8-6-9-15-19/h6-11,14-18,21-22H,3-5,12-13H2,1-2H3. The Morgan fingerprint density at radius 1 is 0.682 bits per heavy atom. The monoisotopic (exact) mass is 293 g/mol. The van der Waals surface area contributed by atoms with Crippen LogP contribution >= 0.6 is 0 Å². The topological polar surface area (TPSA) is 0 Å². The Labute approximate surface area is 136 Å². The van der Waals surface area contributed by atoms with Crippen LogP contribution in [-0.4, -0.2) is 0 Å². The summed E-state index contributed by atoms with van der Waals surface area (Å²) in [6.07, 6.45) is 8.88. The Morgan fingerprint density at radius 3 is 1.64 bits per heavy atom. The lowest BCUT2D eigenvalue weighted by Gasteiger charge is -2.24. The normalized spacial score (nSPS) is 13.7. The van der Waals surface area contributed by atoms with Crippen molar-refractivity contribution in [3.05, 3.63) is 78.2 Å². The van der Waals surface area contributed by atoms with Crippen molar-refractivity contribution in [2.75, 3.05) is 0 Å². The van der Waals surface area contributed by atoms with Crippen LogP contribution in [0.4, 0.5) is 0 Å². The smallest absolute Gasteiger partial charge is 0.0125 e. The number of hydrogen-bond acceptors (Lipinski definition) is 0. The second-order valence-corrected chi connectivity index (χ2v) is 6.16. The lowest BCUT2D eigenvalue weighted by Crippen LogP contribution is -2.08. The molecule has 0 aliphatic carbocycles. The summed E-state index contributed by atoms with van der Waals surface area (Å²) < 4.78 is 0. The molecule has 0 saturated heterocycles. The summed E-state index contributed by atoms with van der Waals surface area (Å²) in [6, 6.07) is 22.0. The average Bonchev–Trinajstić information content (AvgIpc) is 2.59. The highest BCUT2D eigenvalue weighted by Gasteiger charge is 2.19. The summed E-state index contributed by atoms with van der Waals surface area (Å²) in [4.78, 5) is 0. The highest BCUT2D eigenvalue weighted by molar-refractivity contribution is 5.28. The van der Waals surface area contributed by atoms with Gasteiger partial charge in [-0.05, 0) is 42.2 Å². The van der Waals surface area contributed by atoms with Crippen LogP contribution in [0, 0.1) is 6.42 Å². The molecule has 22 heavy (non-hydrogen) atoms. The van der Waals surface area contributed by atoms with E-state index >= 15 is 0 Å². The molecule has 0 N–H and O–H groups in total. The molecule has 0 fully saturated rings. The second-order valence-electron chi connectivity index (χ2n) is 6.16. The lowest BCUT2D eigenvalue weighted by atomic mass is 9.80. The number of hydrogen-bond donors (Lipinski definition) is 0. The van der Waals surface area contributed by atoms with Crippen LogP contribution in [0.25, 0.3) is 0 Å². The Morgan fingerprint density at radius 2 is 1.18 bits per heavy atom. The first-order valence-electron chi connectivity index (χ1n) is 8.80. The first kappa shape index (κ1) is 16.8. The molecular weight excluding hydrogens is 264 g/mol. The molecule has 0 spiro atoms. The predicted molar refractivity (Wildman–Crippen MR) is 97.1 cm³/mol. The van der Waals surface area contributed by atoms with E-state index < -0.39 is 0 Å². The van der Waals surface area contributed by atoms with Crippen molar-refractivity contribution in [1.29, 1.82) is 0 Å². The van der Waals surface area contributed by atoms with E-state index in [0.717, 1.165) is 0 Å². The maximum absolute atomic E-state index is 2.60. The minimum Gasteiger partial charge on any atom is -0.0654 e. The predicted octanol–water partition coefficient (Wildman–Crippen LogP) is 6.75. The second kappa shape index (κ2) is 9.46. The molecule has 0 saturated carbocycles. The summed E-state index contributed by atoms with van der Waals surface area (Å²) in [7, 11) is 0. The molecule has 0 bridgehead atoms. The third-order valence-electron chi connectivity index (χ3n) is 4.39. The zero-order chi connectivity index (χ0) is 15.6. The molecule has 1 radical (unpaired) electrons. The summed E-state index contributed by atoms with van der Waals surface area (Å²) >= 11 is 0. The number of unbranched alkanes of at least 4 members (excludes halogenated alkanes) is 1. The highest BCUT2D eigenvalue weighted by Crippen LogP contribution is 2.34. The van der Waals surface area contributed by atoms with Gasteiger partial charge in [0, 0.05) is 0 Å². The third kappa shape index (κ3) is 5.02. The van der Waals surface area contributed by atoms with Crippen molar-refractivity contribution in [3.63, 3.8) is 0 Å². The molecule has 0 amide bonds. The van der Waals surface area contributed by atoms with E-state index in [1.807, 2.05) is 0 Å². The van der Waals surface area contributed by atoms with Gasteiger partial charge in [-0.25, -0.2) is 0 Å². The zero-order valence-corrected chi connectivity index (χ0v) is 14.0. The van der Waals surface area contributed by atoms with Crippen molar-refractivity contribution in [1.82, 2.24) is 0 Å². The largest absolute Gasteiger partial charge is 0.0654 e. The molecular formula is C22H29. The molecule has 0 aliphatic rings. The van der Waals surface area contributed by atoms with Crippen LogP contribution in [0.3, 0.4) is 0 Å². The highest BCUT2D eigenvalue weighted by atomic mass is 14.2. The fraction of sp³-hybridized carbons (Fsp3) is 0.409. The SMILES string of the molecule is CCCCC([CH]C(CCC)c1ccccc1)c1ccccc1. The Bertz CT molecular complexity index is 500. The van der Waals surface area contributed by atoms with E-state index in [1.54, 1.807) is 0 Å². The van der Waals surface area contributed by atoms with Gasteiger partial charge in [0.1, 0.15) is 0 Å². The summed E-state index contributed by atoms with van der Waals surface area (Å²) in [5.41, 5.74) is 2.93. The fourth-order valence-corrected chi connectivity index (χ4v) is 3.16. The van der Waals surface area contributed by atoms with Crippen LogP contribution in [-0.2, 0) is 0 Å². The van der Waals surface area contributed by atoms with E-state index in [9.17, 15) is 0 Å². The fourth-order valence-electron chi connectivity index (χ4n) is 3.16. The molecule has 0 heteroatoms. The van der Waals surface area contributed by atoms with Crippen molar-refractivity contribution >= 4 is 0 Å². The molecule has 0 aromatic heterocycles. The number of benzene rings is 2. The quantitative estimate of drug-likeness (QED) is 0.479. The Balaban J connectivity index is 2.15. The zero-order valence-electron chi connectivity index (χ0n) is 14.0. The van der Waals surface area contributed by atoms with Crippen LogP contribution in [0.2, 0.25) is 0 Å². The van der Waals surface area contributed by atoms with Gasteiger partial charge in [0.2, 0.25) is 0 Å². The summed E-state index contributed by atoms with van der Waals surface area (Å²) in [5.74, 6) is 1.13. The summed E-state index contributed by atoms with van der Waals surface area (Å²) in [6.45, 7) is 4.57. The molecule has 2 aromatic rings. The van der Waals surface area contributed by atoms with E-state index in [-0.39, 0.29) is 0 Å². The van der Waals surface area contributed by atoms with Crippen molar-refractivity contribution in [2.45, 2.75) is 57.8 Å². The molecule has 117 valence electrons. The van der Waals surface area contributed by atoms with Crippen LogP contribution in [0.1, 0.15) is 68.9 Å². The van der Waals surface area contributed by atoms with Gasteiger partial charge in [-0.3, -0.25) is 0 Å². The third-order valence-corrected chi connectivity index (χ3v) is 4.39. The molecule has 0 nitrogen and oxygen atoms in total. The van der Waals surface area contributed by atoms with Crippen molar-refractivity contribution < 1.29 is 0 Å². The molecule has 0 aliphatic heterocycles. The Hall–Kier alpha value is -1.56. The van der Waals surface area contributed by atoms with Crippen LogP contribution in [0.15, 0.2) is 60.7 Å². The Kier molecular flexibility index (Phi) is 7.22. The van der Waals surface area contributed by atoms with E-state index in [0.29, 0.717) is 11.8 Å². The molecule has 2 rings (SSSR count). The van der Waals surface area contributed by atoms with Gasteiger partial charge in [0.25, 0.3) is 0 Å². The molecule has 2 unspecified atom stereocenters. The van der Waals surface area contributed by atoms with Crippen LogP contribution < -0.4 is 0 Å². The van der Waals surface area contributed by atoms with Gasteiger partial charge in [-0.15, -0.1) is 0 Å². The van der Waals surface area contributed by atoms with Crippen LogP contribution in [0.5, 0.6) is 0 Å². The lowest BCUT2D eigenvalue weighted by molar-refractivity contribution is 0.568. The first-order valence-corrected chi connectivity index (χ1v) is 8.80. The molecule has 2 aromatic carbocycles. The minimum absolute atomic E-state index is 0.563. The van der Waals surface area contributed by atoms with Gasteiger partial charge < -0.3 is 0 Å². The van der Waals surface area contributed by atoms with Gasteiger partial charge in [0.15, 0.2) is 0 Å². The van der Waals surface area contributed by atoms with E-state index in [1.165, 1.54) is 43.2 Å².